The molecule has 0 aliphatic rings. The molecule has 0 saturated heterocycles. The first-order chi connectivity index (χ1) is 10.1. The average molecular weight is 305 g/mol. The van der Waals surface area contributed by atoms with Gasteiger partial charge in [-0.1, -0.05) is 62.4 Å². The van der Waals surface area contributed by atoms with Gasteiger partial charge in [-0.2, -0.15) is 0 Å². The first kappa shape index (κ1) is 15.6. The summed E-state index contributed by atoms with van der Waals surface area (Å²) in [5.41, 5.74) is 0.996. The molecule has 0 radical (unpaired) electrons. The Morgan fingerprint density at radius 2 is 2.05 bits per heavy atom. The highest BCUT2D eigenvalue weighted by Crippen LogP contribution is 2.25. The summed E-state index contributed by atoms with van der Waals surface area (Å²) in [6, 6.07) is 9.85. The van der Waals surface area contributed by atoms with Crippen LogP contribution in [0.5, 0.6) is 0 Å². The van der Waals surface area contributed by atoms with Gasteiger partial charge in [0.15, 0.2) is 11.0 Å². The monoisotopic (exact) mass is 305 g/mol. The van der Waals surface area contributed by atoms with Crippen molar-refractivity contribution < 1.29 is 9.90 Å². The van der Waals surface area contributed by atoms with Crippen molar-refractivity contribution in [3.8, 4) is 11.4 Å². The maximum absolute atomic E-state index is 10.8. The molecule has 21 heavy (non-hydrogen) atoms. The Morgan fingerprint density at radius 1 is 1.33 bits per heavy atom. The van der Waals surface area contributed by atoms with Crippen LogP contribution in [0.4, 0.5) is 0 Å². The van der Waals surface area contributed by atoms with Gasteiger partial charge in [0, 0.05) is 12.1 Å². The summed E-state index contributed by atoms with van der Waals surface area (Å²) < 4.78 is 2.02. The molecule has 1 aromatic heterocycles. The molecule has 2 rings (SSSR count). The molecule has 6 heteroatoms. The van der Waals surface area contributed by atoms with E-state index < -0.39 is 5.97 Å². The lowest BCUT2D eigenvalue weighted by atomic mass is 10.1. The van der Waals surface area contributed by atoms with Gasteiger partial charge in [-0.05, 0) is 5.92 Å². The highest BCUT2D eigenvalue weighted by atomic mass is 32.2. The molecule has 1 unspecified atom stereocenters. The van der Waals surface area contributed by atoms with E-state index in [0.29, 0.717) is 11.1 Å². The fourth-order valence-corrected chi connectivity index (χ4v) is 2.60. The molecule has 0 saturated carbocycles. The minimum absolute atomic E-state index is 0.00652. The van der Waals surface area contributed by atoms with Gasteiger partial charge in [-0.3, -0.25) is 4.79 Å². The molecule has 2 aromatic rings. The summed E-state index contributed by atoms with van der Waals surface area (Å²) in [6.07, 6.45) is 1.05. The van der Waals surface area contributed by atoms with E-state index in [1.54, 1.807) is 0 Å². The molecule has 0 aliphatic heterocycles. The lowest BCUT2D eigenvalue weighted by Gasteiger charge is -2.14. The summed E-state index contributed by atoms with van der Waals surface area (Å²) in [6.45, 7) is 5.09. The summed E-state index contributed by atoms with van der Waals surface area (Å²) in [7, 11) is 0. The van der Waals surface area contributed by atoms with Crippen LogP contribution < -0.4 is 0 Å². The lowest BCUT2D eigenvalue weighted by molar-refractivity contribution is -0.133. The predicted octanol–water partition coefficient (Wildman–Crippen LogP) is 3.17. The Kier molecular flexibility index (Phi) is 5.38. The summed E-state index contributed by atoms with van der Waals surface area (Å²) in [5, 5.41) is 17.9. The van der Waals surface area contributed by atoms with Gasteiger partial charge in [0.25, 0.3) is 0 Å². The van der Waals surface area contributed by atoms with E-state index in [1.165, 1.54) is 11.8 Å². The molecule has 5 nitrogen and oxygen atoms in total. The summed E-state index contributed by atoms with van der Waals surface area (Å²) >= 11 is 1.21. The second-order valence-corrected chi connectivity index (χ2v) is 5.92. The summed E-state index contributed by atoms with van der Waals surface area (Å²) in [5.74, 6) is 0.420. The summed E-state index contributed by atoms with van der Waals surface area (Å²) in [4.78, 5) is 10.8. The molecule has 1 aromatic carbocycles. The van der Waals surface area contributed by atoms with Crippen molar-refractivity contribution in [2.24, 2.45) is 5.92 Å². The SMILES string of the molecule is CCC(C)Cn1c(SCC(=O)O)nnc1-c1ccccc1. The van der Waals surface area contributed by atoms with Crippen molar-refractivity contribution in [1.82, 2.24) is 14.8 Å². The molecule has 0 spiro atoms. The zero-order valence-electron chi connectivity index (χ0n) is 12.2. The van der Waals surface area contributed by atoms with Crippen molar-refractivity contribution in [3.05, 3.63) is 30.3 Å². The number of carboxylic acid groups (broad SMARTS) is 1. The van der Waals surface area contributed by atoms with Gasteiger partial charge >= 0.3 is 5.97 Å². The number of aromatic nitrogens is 3. The topological polar surface area (TPSA) is 68.0 Å². The van der Waals surface area contributed by atoms with Gasteiger partial charge in [0.2, 0.25) is 0 Å². The van der Waals surface area contributed by atoms with Crippen LogP contribution in [0.1, 0.15) is 20.3 Å². The highest BCUT2D eigenvalue weighted by Gasteiger charge is 2.16. The van der Waals surface area contributed by atoms with E-state index in [4.69, 9.17) is 5.11 Å². The predicted molar refractivity (Wildman–Crippen MR) is 83.3 cm³/mol. The van der Waals surface area contributed by atoms with Crippen LogP contribution in [-0.4, -0.2) is 31.6 Å². The minimum atomic E-state index is -0.848. The third kappa shape index (κ3) is 4.07. The fraction of sp³-hybridized carbons (Fsp3) is 0.400. The van der Waals surface area contributed by atoms with E-state index in [1.807, 2.05) is 34.9 Å². The second kappa shape index (κ2) is 7.26. The maximum atomic E-state index is 10.8. The zero-order valence-corrected chi connectivity index (χ0v) is 13.0. The third-order valence-electron chi connectivity index (χ3n) is 3.26. The standard InChI is InChI=1S/C15H19N3O2S/c1-3-11(2)9-18-14(12-7-5-4-6-8-12)16-17-15(18)21-10-13(19)20/h4-8,11H,3,9-10H2,1-2H3,(H,19,20). The third-order valence-corrected chi connectivity index (χ3v) is 4.22. The maximum Gasteiger partial charge on any atom is 0.313 e. The number of hydrogen-bond donors (Lipinski definition) is 1. The first-order valence-electron chi connectivity index (χ1n) is 6.95. The largest absolute Gasteiger partial charge is 0.481 e. The van der Waals surface area contributed by atoms with E-state index >= 15 is 0 Å². The number of benzene rings is 1. The van der Waals surface area contributed by atoms with Crippen LogP contribution in [0, 0.1) is 5.92 Å². The van der Waals surface area contributed by atoms with Crippen molar-refractivity contribution in [3.63, 3.8) is 0 Å². The Bertz CT molecular complexity index is 598. The average Bonchev–Trinajstić information content (AvgIpc) is 2.88. The molecular weight excluding hydrogens is 286 g/mol. The Balaban J connectivity index is 2.33. The van der Waals surface area contributed by atoms with Gasteiger partial charge in [0.05, 0.1) is 5.75 Å². The van der Waals surface area contributed by atoms with Crippen molar-refractivity contribution in [2.75, 3.05) is 5.75 Å². The zero-order chi connectivity index (χ0) is 15.2. The smallest absolute Gasteiger partial charge is 0.313 e. The van der Waals surface area contributed by atoms with Crippen molar-refractivity contribution in [1.29, 1.82) is 0 Å². The molecule has 1 atom stereocenters. The Morgan fingerprint density at radius 3 is 2.67 bits per heavy atom. The number of carbonyl (C=O) groups is 1. The Labute approximate surface area is 128 Å². The Hall–Kier alpha value is -1.82. The van der Waals surface area contributed by atoms with Crippen LogP contribution >= 0.6 is 11.8 Å². The molecule has 0 fully saturated rings. The number of rotatable bonds is 7. The molecular formula is C15H19N3O2S. The van der Waals surface area contributed by atoms with E-state index in [9.17, 15) is 4.79 Å². The number of thioether (sulfide) groups is 1. The number of nitrogens with zero attached hydrogens (tertiary/aromatic N) is 3. The lowest BCUT2D eigenvalue weighted by Crippen LogP contribution is -2.10. The van der Waals surface area contributed by atoms with E-state index in [0.717, 1.165) is 24.4 Å². The number of carboxylic acids is 1. The fourth-order valence-electron chi connectivity index (χ4n) is 1.93. The first-order valence-corrected chi connectivity index (χ1v) is 7.93. The highest BCUT2D eigenvalue weighted by molar-refractivity contribution is 7.99. The van der Waals surface area contributed by atoms with Crippen LogP contribution in [0.25, 0.3) is 11.4 Å². The van der Waals surface area contributed by atoms with Crippen LogP contribution in [0.15, 0.2) is 35.5 Å². The van der Waals surface area contributed by atoms with Crippen LogP contribution in [-0.2, 0) is 11.3 Å². The minimum Gasteiger partial charge on any atom is -0.481 e. The normalized spacial score (nSPS) is 12.3. The molecule has 112 valence electrons. The van der Waals surface area contributed by atoms with Crippen molar-refractivity contribution in [2.45, 2.75) is 32.0 Å². The van der Waals surface area contributed by atoms with E-state index in [-0.39, 0.29) is 5.75 Å². The molecule has 0 amide bonds. The van der Waals surface area contributed by atoms with Gasteiger partial charge in [-0.25, -0.2) is 0 Å². The van der Waals surface area contributed by atoms with Crippen molar-refractivity contribution >= 4 is 17.7 Å². The van der Waals surface area contributed by atoms with E-state index in [2.05, 4.69) is 24.0 Å². The molecule has 1 heterocycles. The van der Waals surface area contributed by atoms with Gasteiger partial charge in [-0.15, -0.1) is 10.2 Å². The molecule has 0 bridgehead atoms. The molecule has 0 aliphatic carbocycles. The van der Waals surface area contributed by atoms with Crippen LogP contribution in [0.2, 0.25) is 0 Å². The number of aliphatic carboxylic acids is 1. The van der Waals surface area contributed by atoms with Gasteiger partial charge < -0.3 is 9.67 Å². The quantitative estimate of drug-likeness (QED) is 0.796. The van der Waals surface area contributed by atoms with Gasteiger partial charge in [0.1, 0.15) is 0 Å². The van der Waals surface area contributed by atoms with Crippen LogP contribution in [0.3, 0.4) is 0 Å². The molecule has 1 N–H and O–H groups in total. The number of hydrogen-bond acceptors (Lipinski definition) is 4. The second-order valence-electron chi connectivity index (χ2n) is 4.98.